The number of anilines is 1. The van der Waals surface area contributed by atoms with Crippen LogP contribution in [-0.2, 0) is 9.53 Å². The lowest BCUT2D eigenvalue weighted by Gasteiger charge is -2.25. The molecule has 0 radical (unpaired) electrons. The van der Waals surface area contributed by atoms with E-state index in [9.17, 15) is 9.59 Å². The SMILES string of the molecule is Cc1cc(NC(=O)CCN2CCCOC2=O)ccc1Br. The minimum absolute atomic E-state index is 0.106. The van der Waals surface area contributed by atoms with Crippen molar-refractivity contribution in [1.29, 1.82) is 0 Å². The van der Waals surface area contributed by atoms with Crippen molar-refractivity contribution >= 4 is 33.6 Å². The van der Waals surface area contributed by atoms with Crippen molar-refractivity contribution in [3.63, 3.8) is 0 Å². The van der Waals surface area contributed by atoms with Crippen LogP contribution in [0.4, 0.5) is 10.5 Å². The topological polar surface area (TPSA) is 58.6 Å². The monoisotopic (exact) mass is 340 g/mol. The zero-order chi connectivity index (χ0) is 14.5. The Kier molecular flexibility index (Phi) is 5.00. The third-order valence-corrected chi connectivity index (χ3v) is 4.00. The number of carbonyl (C=O) groups is 2. The Hall–Kier alpha value is -1.56. The van der Waals surface area contributed by atoms with Crippen molar-refractivity contribution < 1.29 is 14.3 Å². The molecular weight excluding hydrogens is 324 g/mol. The average Bonchev–Trinajstić information content (AvgIpc) is 2.42. The lowest BCUT2D eigenvalue weighted by molar-refractivity contribution is -0.116. The van der Waals surface area contributed by atoms with Gasteiger partial charge in [-0.3, -0.25) is 4.79 Å². The van der Waals surface area contributed by atoms with E-state index in [0.29, 0.717) is 19.7 Å². The number of cyclic esters (lactones) is 1. The quantitative estimate of drug-likeness (QED) is 0.916. The molecule has 0 bridgehead atoms. The van der Waals surface area contributed by atoms with Gasteiger partial charge in [-0.2, -0.15) is 0 Å². The third kappa shape index (κ3) is 3.96. The molecule has 5 nitrogen and oxygen atoms in total. The number of halogens is 1. The fourth-order valence-electron chi connectivity index (χ4n) is 1.98. The predicted octanol–water partition coefficient (Wildman–Crippen LogP) is 2.93. The summed E-state index contributed by atoms with van der Waals surface area (Å²) >= 11 is 3.41. The van der Waals surface area contributed by atoms with E-state index in [-0.39, 0.29) is 18.4 Å². The van der Waals surface area contributed by atoms with E-state index in [2.05, 4.69) is 21.2 Å². The number of nitrogens with one attached hydrogen (secondary N) is 1. The Morgan fingerprint density at radius 2 is 2.30 bits per heavy atom. The van der Waals surface area contributed by atoms with E-state index in [0.717, 1.165) is 22.1 Å². The van der Waals surface area contributed by atoms with Crippen LogP contribution in [0.25, 0.3) is 0 Å². The van der Waals surface area contributed by atoms with E-state index in [4.69, 9.17) is 4.74 Å². The second kappa shape index (κ2) is 6.74. The van der Waals surface area contributed by atoms with Crippen LogP contribution in [0.1, 0.15) is 18.4 Å². The number of rotatable bonds is 4. The smallest absolute Gasteiger partial charge is 0.409 e. The molecule has 1 aromatic rings. The Labute approximate surface area is 126 Å². The van der Waals surface area contributed by atoms with Crippen LogP contribution >= 0.6 is 15.9 Å². The summed E-state index contributed by atoms with van der Waals surface area (Å²) in [5.41, 5.74) is 1.82. The molecule has 0 unspecified atom stereocenters. The standard InChI is InChI=1S/C14H17BrN2O3/c1-10-9-11(3-4-12(10)15)16-13(18)5-7-17-6-2-8-20-14(17)19/h3-4,9H,2,5-8H2,1H3,(H,16,18). The van der Waals surface area contributed by atoms with Crippen LogP contribution in [0.3, 0.4) is 0 Å². The van der Waals surface area contributed by atoms with Crippen LogP contribution < -0.4 is 5.32 Å². The zero-order valence-corrected chi connectivity index (χ0v) is 12.9. The highest BCUT2D eigenvalue weighted by molar-refractivity contribution is 9.10. The maximum Gasteiger partial charge on any atom is 0.409 e. The molecule has 20 heavy (non-hydrogen) atoms. The van der Waals surface area contributed by atoms with Gasteiger partial charge in [-0.25, -0.2) is 4.79 Å². The van der Waals surface area contributed by atoms with Crippen LogP contribution in [-0.4, -0.2) is 36.6 Å². The van der Waals surface area contributed by atoms with Gasteiger partial charge in [0.25, 0.3) is 0 Å². The molecule has 2 amide bonds. The van der Waals surface area contributed by atoms with E-state index < -0.39 is 0 Å². The largest absolute Gasteiger partial charge is 0.449 e. The lowest BCUT2D eigenvalue weighted by Crippen LogP contribution is -2.39. The summed E-state index contributed by atoms with van der Waals surface area (Å²) in [5, 5.41) is 2.83. The molecule has 0 aliphatic carbocycles. The predicted molar refractivity (Wildman–Crippen MR) is 79.7 cm³/mol. The summed E-state index contributed by atoms with van der Waals surface area (Å²) in [6.45, 7) is 3.48. The van der Waals surface area contributed by atoms with Gasteiger partial charge in [0.05, 0.1) is 6.61 Å². The molecule has 0 aromatic heterocycles. The van der Waals surface area contributed by atoms with E-state index in [1.165, 1.54) is 0 Å². The van der Waals surface area contributed by atoms with Crippen LogP contribution in [0.15, 0.2) is 22.7 Å². The first-order valence-electron chi connectivity index (χ1n) is 6.54. The van der Waals surface area contributed by atoms with Crippen molar-refractivity contribution in [2.24, 2.45) is 0 Å². The lowest BCUT2D eigenvalue weighted by atomic mass is 10.2. The maximum atomic E-state index is 11.9. The molecule has 1 fully saturated rings. The molecule has 108 valence electrons. The summed E-state index contributed by atoms with van der Waals surface area (Å²) in [5.74, 6) is -0.106. The van der Waals surface area contributed by atoms with E-state index in [1.54, 1.807) is 4.90 Å². The van der Waals surface area contributed by atoms with Gasteiger partial charge >= 0.3 is 6.09 Å². The minimum atomic E-state index is -0.330. The first kappa shape index (κ1) is 14.8. The number of benzene rings is 1. The minimum Gasteiger partial charge on any atom is -0.449 e. The molecule has 0 saturated carbocycles. The molecule has 6 heteroatoms. The van der Waals surface area contributed by atoms with Crippen molar-refractivity contribution in [2.45, 2.75) is 19.8 Å². The first-order valence-corrected chi connectivity index (χ1v) is 7.33. The molecule has 1 saturated heterocycles. The normalized spacial score (nSPS) is 14.9. The first-order chi connectivity index (χ1) is 9.56. The number of hydrogen-bond donors (Lipinski definition) is 1. The van der Waals surface area contributed by atoms with Crippen molar-refractivity contribution in [2.75, 3.05) is 25.0 Å². The van der Waals surface area contributed by atoms with Crippen molar-refractivity contribution in [3.8, 4) is 0 Å². The summed E-state index contributed by atoms with van der Waals surface area (Å²) in [7, 11) is 0. The van der Waals surface area contributed by atoms with Gasteiger partial charge in [0.15, 0.2) is 0 Å². The van der Waals surface area contributed by atoms with E-state index >= 15 is 0 Å². The molecular formula is C14H17BrN2O3. The highest BCUT2D eigenvalue weighted by Gasteiger charge is 2.19. The number of nitrogens with zero attached hydrogens (tertiary/aromatic N) is 1. The highest BCUT2D eigenvalue weighted by atomic mass is 79.9. The zero-order valence-electron chi connectivity index (χ0n) is 11.3. The van der Waals surface area contributed by atoms with E-state index in [1.807, 2.05) is 25.1 Å². The van der Waals surface area contributed by atoms with Gasteiger partial charge in [-0.05, 0) is 37.1 Å². The molecule has 1 aromatic carbocycles. The number of amides is 2. The van der Waals surface area contributed by atoms with Gasteiger partial charge in [-0.15, -0.1) is 0 Å². The highest BCUT2D eigenvalue weighted by Crippen LogP contribution is 2.20. The van der Waals surface area contributed by atoms with Gasteiger partial charge in [0, 0.05) is 29.7 Å². The molecule has 0 spiro atoms. The number of hydrogen-bond acceptors (Lipinski definition) is 3. The number of carbonyl (C=O) groups excluding carboxylic acids is 2. The summed E-state index contributed by atoms with van der Waals surface area (Å²) in [6.07, 6.45) is 0.757. The van der Waals surface area contributed by atoms with Gasteiger partial charge in [0.2, 0.25) is 5.91 Å². The fraction of sp³-hybridized carbons (Fsp3) is 0.429. The van der Waals surface area contributed by atoms with Crippen LogP contribution in [0.5, 0.6) is 0 Å². The molecule has 1 aliphatic heterocycles. The summed E-state index contributed by atoms with van der Waals surface area (Å²) in [6, 6.07) is 5.63. The molecule has 2 rings (SSSR count). The second-order valence-corrected chi connectivity index (χ2v) is 5.57. The summed E-state index contributed by atoms with van der Waals surface area (Å²) in [4.78, 5) is 24.8. The third-order valence-electron chi connectivity index (χ3n) is 3.11. The number of aryl methyl sites for hydroxylation is 1. The van der Waals surface area contributed by atoms with Gasteiger partial charge in [-0.1, -0.05) is 15.9 Å². The molecule has 1 heterocycles. The fourth-order valence-corrected chi connectivity index (χ4v) is 2.23. The molecule has 1 N–H and O–H groups in total. The van der Waals surface area contributed by atoms with Crippen LogP contribution in [0.2, 0.25) is 0 Å². The Morgan fingerprint density at radius 1 is 1.50 bits per heavy atom. The van der Waals surface area contributed by atoms with Gasteiger partial charge in [0.1, 0.15) is 0 Å². The Bertz CT molecular complexity index is 519. The van der Waals surface area contributed by atoms with Crippen LogP contribution in [0, 0.1) is 6.92 Å². The number of ether oxygens (including phenoxy) is 1. The average molecular weight is 341 g/mol. The Morgan fingerprint density at radius 3 is 3.00 bits per heavy atom. The molecule has 1 aliphatic rings. The second-order valence-electron chi connectivity index (χ2n) is 4.72. The van der Waals surface area contributed by atoms with Crippen molar-refractivity contribution in [3.05, 3.63) is 28.2 Å². The molecule has 0 atom stereocenters. The Balaban J connectivity index is 1.83. The van der Waals surface area contributed by atoms with Crippen molar-refractivity contribution in [1.82, 2.24) is 4.90 Å². The van der Waals surface area contributed by atoms with Gasteiger partial charge < -0.3 is 15.0 Å². The maximum absolute atomic E-state index is 11.9. The summed E-state index contributed by atoms with van der Waals surface area (Å²) < 4.78 is 5.93.